The van der Waals surface area contributed by atoms with Crippen molar-refractivity contribution in [3.63, 3.8) is 0 Å². The van der Waals surface area contributed by atoms with Gasteiger partial charge in [0.05, 0.1) is 54.9 Å². The maximum absolute atomic E-state index is 14.5. The van der Waals surface area contributed by atoms with Crippen LogP contribution in [0.3, 0.4) is 0 Å². The Morgan fingerprint density at radius 2 is 1.51 bits per heavy atom. The molecule has 24 heteroatoms. The van der Waals surface area contributed by atoms with Gasteiger partial charge >= 0.3 is 5.97 Å². The summed E-state index contributed by atoms with van der Waals surface area (Å²) in [5.41, 5.74) is 0.560. The van der Waals surface area contributed by atoms with Crippen LogP contribution in [0.4, 0.5) is 0 Å². The lowest BCUT2D eigenvalue weighted by Crippen LogP contribution is -2.62. The van der Waals surface area contributed by atoms with E-state index in [-0.39, 0.29) is 10.6 Å². The molecule has 0 aliphatic carbocycles. The zero-order chi connectivity index (χ0) is 46.3. The number of benzene rings is 1. The highest BCUT2D eigenvalue weighted by molar-refractivity contribution is 7.85. The fourth-order valence-electron chi connectivity index (χ4n) is 7.63. The first-order valence-corrected chi connectivity index (χ1v) is 21.7. The molecule has 2 aromatic rings. The Hall–Kier alpha value is -5.98. The summed E-state index contributed by atoms with van der Waals surface area (Å²) in [6.45, 7) is 1.79. The number of carbonyl (C=O) groups is 9. The highest BCUT2D eigenvalue weighted by Gasteiger charge is 2.45. The zero-order valence-corrected chi connectivity index (χ0v) is 35.5. The molecule has 1 aromatic carbocycles. The molecule has 344 valence electrons. The van der Waals surface area contributed by atoms with Crippen molar-refractivity contribution in [3.8, 4) is 0 Å². The molecule has 0 spiro atoms. The van der Waals surface area contributed by atoms with E-state index in [9.17, 15) is 67.8 Å². The molecule has 4 heterocycles. The van der Waals surface area contributed by atoms with Crippen molar-refractivity contribution >= 4 is 74.9 Å². The molecular formula is C39H53N9O14S. The predicted molar refractivity (Wildman–Crippen MR) is 219 cm³/mol. The monoisotopic (exact) mass is 903 g/mol. The lowest BCUT2D eigenvalue weighted by molar-refractivity contribution is -0.146. The van der Waals surface area contributed by atoms with Crippen molar-refractivity contribution in [2.24, 2.45) is 11.8 Å². The molecule has 63 heavy (non-hydrogen) atoms. The van der Waals surface area contributed by atoms with Crippen LogP contribution in [0.2, 0.25) is 0 Å². The van der Waals surface area contributed by atoms with Crippen molar-refractivity contribution in [2.45, 2.75) is 99.9 Å². The molecule has 0 unspecified atom stereocenters. The third kappa shape index (κ3) is 11.5. The molecule has 1 aromatic heterocycles. The van der Waals surface area contributed by atoms with Gasteiger partial charge in [0.15, 0.2) is 0 Å². The van der Waals surface area contributed by atoms with E-state index in [0.29, 0.717) is 17.3 Å². The Kier molecular flexibility index (Phi) is 16.0. The molecule has 0 saturated carbocycles. The van der Waals surface area contributed by atoms with Crippen LogP contribution in [0.5, 0.6) is 0 Å². The normalized spacial score (nSPS) is 28.8. The lowest BCUT2D eigenvalue weighted by atomic mass is 9.93. The van der Waals surface area contributed by atoms with Crippen molar-refractivity contribution in [1.82, 2.24) is 47.1 Å². The second kappa shape index (κ2) is 20.9. The smallest absolute Gasteiger partial charge is 0.305 e. The number of amides is 8. The number of aromatic amines is 1. The number of fused-ring (bicyclic) bond motifs is 5. The van der Waals surface area contributed by atoms with Gasteiger partial charge in [-0.15, -0.1) is 0 Å². The fraction of sp³-hybridized carbons (Fsp3) is 0.564. The van der Waals surface area contributed by atoms with Gasteiger partial charge in [-0.2, -0.15) is 0 Å². The van der Waals surface area contributed by atoms with Gasteiger partial charge < -0.3 is 67.5 Å². The van der Waals surface area contributed by atoms with E-state index in [2.05, 4.69) is 42.2 Å². The minimum atomic E-state index is -2.32. The van der Waals surface area contributed by atoms with Crippen LogP contribution in [-0.4, -0.2) is 168 Å². The summed E-state index contributed by atoms with van der Waals surface area (Å²) in [6, 6.07) is -3.47. The number of nitrogens with one attached hydrogen (secondary N) is 8. The number of hydrogen-bond donors (Lipinski definition) is 12. The molecule has 1 fully saturated rings. The van der Waals surface area contributed by atoms with Gasteiger partial charge in [-0.3, -0.25) is 47.4 Å². The number of aliphatic hydroxyl groups is 3. The molecule has 0 radical (unpaired) electrons. The Morgan fingerprint density at radius 3 is 2.17 bits per heavy atom. The van der Waals surface area contributed by atoms with Gasteiger partial charge in [0.1, 0.15) is 41.3 Å². The maximum Gasteiger partial charge on any atom is 0.305 e. The predicted octanol–water partition coefficient (Wildman–Crippen LogP) is -5.03. The fourth-order valence-corrected chi connectivity index (χ4v) is 9.03. The van der Waals surface area contributed by atoms with Gasteiger partial charge in [0, 0.05) is 36.2 Å². The molecule has 3 aliphatic rings. The molecule has 12 N–H and O–H groups in total. The third-order valence-corrected chi connectivity index (χ3v) is 12.9. The number of H-pyrrole nitrogens is 1. The van der Waals surface area contributed by atoms with E-state index >= 15 is 0 Å². The number of carboxylic acids is 1. The summed E-state index contributed by atoms with van der Waals surface area (Å²) in [6.07, 6.45) is -4.56. The number of aliphatic carboxylic acids is 1. The summed E-state index contributed by atoms with van der Waals surface area (Å²) in [4.78, 5) is 127. The molecule has 3 aliphatic heterocycles. The number of carbonyl (C=O) groups excluding carboxylic acids is 8. The first-order chi connectivity index (χ1) is 29.8. The number of aliphatic hydroxyl groups excluding tert-OH is 3. The molecule has 8 amide bonds. The SMILES string of the molecule is CC[C@H](C)[C@@H]1NC(=O)CNC(=O)[C@@H]2Cc3c([nH]c4ccccc34)[S@](=O)C[C@H](NC(=O)CNC1=O)C(=O)N[C@@H](CC(=O)O)C(=O)N1C[C@H](O)C[C@H]1C(=O)N[C@@H]([C@@H](C)[C@@H](O)CO)C(=O)N2. The number of nitrogens with zero attached hydrogens (tertiary/aromatic N) is 1. The van der Waals surface area contributed by atoms with Crippen LogP contribution >= 0.6 is 0 Å². The number of rotatable bonds is 7. The topological polar surface area (TPSA) is 355 Å². The standard InChI is InChI=1S/C39H53N9O14S/c1-4-17(2)31-36(59)41-12-28(52)42-25-16-63(62)38-21(20-7-5-6-8-22(20)45-38)10-23(33(56)40-13-29(53)46-31)43-37(60)32(18(3)27(51)15-49)47-35(58)26-9-19(50)14-48(26)39(61)24(11-30(54)55)44-34(25)57/h5-8,17-19,23-27,31-32,45,49-51H,4,9-16H2,1-3H3,(H,40,56)(H,41,59)(H,42,52)(H,43,60)(H,44,57)(H,46,53)(H,47,58)(H,54,55)/t17-,18-,19+,23-,24-,25-,26-,27-,31-,32-,63+/m0/s1. The third-order valence-electron chi connectivity index (χ3n) is 11.4. The molecule has 5 rings (SSSR count). The first kappa shape index (κ1) is 48.1. The van der Waals surface area contributed by atoms with Crippen molar-refractivity contribution < 1.29 is 67.8 Å². The highest BCUT2D eigenvalue weighted by atomic mass is 32.2. The van der Waals surface area contributed by atoms with Crippen LogP contribution in [0.25, 0.3) is 10.9 Å². The van der Waals surface area contributed by atoms with Gasteiger partial charge in [0.2, 0.25) is 47.3 Å². The van der Waals surface area contributed by atoms with E-state index in [1.54, 1.807) is 38.1 Å². The van der Waals surface area contributed by atoms with E-state index < -0.39 is 176 Å². The van der Waals surface area contributed by atoms with E-state index in [1.165, 1.54) is 6.92 Å². The average Bonchev–Trinajstić information content (AvgIpc) is 3.83. The largest absolute Gasteiger partial charge is 0.481 e. The number of carboxylic acid groups (broad SMARTS) is 1. The van der Waals surface area contributed by atoms with Gasteiger partial charge in [-0.1, -0.05) is 45.4 Å². The quantitative estimate of drug-likeness (QED) is 0.124. The van der Waals surface area contributed by atoms with Crippen LogP contribution in [0.15, 0.2) is 29.3 Å². The summed E-state index contributed by atoms with van der Waals surface area (Å²) in [5.74, 6) is -12.2. The maximum atomic E-state index is 14.5. The summed E-state index contributed by atoms with van der Waals surface area (Å²) in [7, 11) is -2.32. The minimum absolute atomic E-state index is 0.0825. The van der Waals surface area contributed by atoms with Gasteiger partial charge in [-0.25, -0.2) is 0 Å². The Morgan fingerprint density at radius 1 is 0.841 bits per heavy atom. The van der Waals surface area contributed by atoms with E-state index in [4.69, 9.17) is 0 Å². The van der Waals surface area contributed by atoms with Crippen molar-refractivity contribution in [3.05, 3.63) is 29.8 Å². The molecule has 23 nitrogen and oxygen atoms in total. The van der Waals surface area contributed by atoms with Crippen molar-refractivity contribution in [1.29, 1.82) is 0 Å². The second-order valence-electron chi connectivity index (χ2n) is 15.9. The van der Waals surface area contributed by atoms with Crippen LogP contribution in [0.1, 0.15) is 45.6 Å². The van der Waals surface area contributed by atoms with Crippen LogP contribution in [-0.2, 0) is 60.4 Å². The highest BCUT2D eigenvalue weighted by Crippen LogP contribution is 2.28. The summed E-state index contributed by atoms with van der Waals surface area (Å²) >= 11 is 0. The van der Waals surface area contributed by atoms with Crippen LogP contribution < -0.4 is 37.2 Å². The second-order valence-corrected chi connectivity index (χ2v) is 17.3. The average molecular weight is 904 g/mol. The lowest BCUT2D eigenvalue weighted by Gasteiger charge is -2.32. The zero-order valence-electron chi connectivity index (χ0n) is 34.7. The number of para-hydroxylation sites is 1. The van der Waals surface area contributed by atoms with Gasteiger partial charge in [0.25, 0.3) is 0 Å². The van der Waals surface area contributed by atoms with E-state index in [0.717, 1.165) is 4.90 Å². The van der Waals surface area contributed by atoms with Crippen LogP contribution in [0, 0.1) is 11.8 Å². The Bertz CT molecular complexity index is 2150. The van der Waals surface area contributed by atoms with Crippen molar-refractivity contribution in [2.75, 3.05) is 32.0 Å². The Labute approximate surface area is 362 Å². The minimum Gasteiger partial charge on any atom is -0.481 e. The summed E-state index contributed by atoms with van der Waals surface area (Å²) < 4.78 is 14.5. The molecule has 2 bridgehead atoms. The first-order valence-electron chi connectivity index (χ1n) is 20.4. The number of aromatic nitrogens is 1. The number of hydrogen-bond acceptors (Lipinski definition) is 13. The molecule has 11 atom stereocenters. The molecule has 1 saturated heterocycles. The molecular weight excluding hydrogens is 851 g/mol. The van der Waals surface area contributed by atoms with E-state index in [1.807, 2.05) is 0 Å². The van der Waals surface area contributed by atoms with Gasteiger partial charge in [-0.05, 0) is 17.5 Å². The Balaban J connectivity index is 1.72. The summed E-state index contributed by atoms with van der Waals surface area (Å²) in [5, 5.41) is 58.4.